The zero-order valence-electron chi connectivity index (χ0n) is 7.98. The molecule has 0 radical (unpaired) electrons. The molecule has 2 rings (SSSR count). The fraction of sp³-hybridized carbons (Fsp3) is 0.100. The van der Waals surface area contributed by atoms with Crippen LogP contribution in [0, 0.1) is 24.1 Å². The van der Waals surface area contributed by atoms with Gasteiger partial charge in [-0.3, -0.25) is 0 Å². The molecule has 1 aromatic carbocycles. The average Bonchev–Trinajstić information content (AvgIpc) is 2.59. The summed E-state index contributed by atoms with van der Waals surface area (Å²) >= 11 is 0. The molecule has 0 fully saturated rings. The number of benzene rings is 1. The van der Waals surface area contributed by atoms with Gasteiger partial charge in [-0.25, -0.2) is 9.07 Å². The Hall–Kier alpha value is -2.22. The van der Waals surface area contributed by atoms with E-state index in [9.17, 15) is 4.39 Å². The van der Waals surface area contributed by atoms with Crippen LogP contribution in [0.1, 0.15) is 11.4 Å². The first-order chi connectivity index (χ1) is 7.22. The van der Waals surface area contributed by atoms with Gasteiger partial charge in [0.1, 0.15) is 11.9 Å². The van der Waals surface area contributed by atoms with Gasteiger partial charge in [-0.2, -0.15) is 5.26 Å². The molecular weight excluding hydrogens is 195 g/mol. The summed E-state index contributed by atoms with van der Waals surface area (Å²) in [6, 6.07) is 7.88. The molecular formula is C10H7FN4. The van der Waals surface area contributed by atoms with Crippen LogP contribution in [0.5, 0.6) is 0 Å². The summed E-state index contributed by atoms with van der Waals surface area (Å²) in [6.45, 7) is 1.71. The molecule has 0 aliphatic heterocycles. The predicted molar refractivity (Wildman–Crippen MR) is 50.8 cm³/mol. The average molecular weight is 202 g/mol. The van der Waals surface area contributed by atoms with E-state index in [0.717, 1.165) is 0 Å². The molecule has 1 aromatic heterocycles. The Kier molecular flexibility index (Phi) is 2.18. The fourth-order valence-corrected chi connectivity index (χ4v) is 1.29. The normalized spacial score (nSPS) is 9.93. The van der Waals surface area contributed by atoms with Gasteiger partial charge in [-0.15, -0.1) is 5.10 Å². The molecule has 0 atom stereocenters. The Morgan fingerprint density at radius 1 is 1.47 bits per heavy atom. The molecule has 0 bridgehead atoms. The minimum Gasteiger partial charge on any atom is -0.216 e. The van der Waals surface area contributed by atoms with E-state index in [1.165, 1.54) is 16.8 Å². The third-order valence-electron chi connectivity index (χ3n) is 2.05. The van der Waals surface area contributed by atoms with Gasteiger partial charge in [0.15, 0.2) is 5.69 Å². The van der Waals surface area contributed by atoms with Crippen molar-refractivity contribution in [1.29, 1.82) is 5.26 Å². The summed E-state index contributed by atoms with van der Waals surface area (Å²) in [5.74, 6) is -0.346. The molecule has 0 unspecified atom stereocenters. The van der Waals surface area contributed by atoms with E-state index >= 15 is 0 Å². The number of rotatable bonds is 1. The van der Waals surface area contributed by atoms with E-state index in [0.29, 0.717) is 11.4 Å². The van der Waals surface area contributed by atoms with Crippen molar-refractivity contribution in [3.8, 4) is 11.8 Å². The van der Waals surface area contributed by atoms with E-state index in [-0.39, 0.29) is 11.5 Å². The number of nitriles is 1. The zero-order valence-corrected chi connectivity index (χ0v) is 7.98. The van der Waals surface area contributed by atoms with Crippen molar-refractivity contribution in [2.45, 2.75) is 6.92 Å². The molecule has 1 heterocycles. The molecule has 4 nitrogen and oxygen atoms in total. The Morgan fingerprint density at radius 2 is 2.27 bits per heavy atom. The summed E-state index contributed by atoms with van der Waals surface area (Å²) in [6.07, 6.45) is 0. The zero-order chi connectivity index (χ0) is 10.8. The molecule has 5 heteroatoms. The largest absolute Gasteiger partial charge is 0.216 e. The lowest BCUT2D eigenvalue weighted by Gasteiger charge is -2.01. The van der Waals surface area contributed by atoms with Crippen molar-refractivity contribution in [2.75, 3.05) is 0 Å². The first-order valence-electron chi connectivity index (χ1n) is 4.30. The second-order valence-electron chi connectivity index (χ2n) is 3.03. The minimum absolute atomic E-state index is 0.249. The van der Waals surface area contributed by atoms with Gasteiger partial charge < -0.3 is 0 Å². The van der Waals surface area contributed by atoms with Crippen LogP contribution in [-0.2, 0) is 0 Å². The lowest BCUT2D eigenvalue weighted by Crippen LogP contribution is -1.99. The van der Waals surface area contributed by atoms with Crippen molar-refractivity contribution < 1.29 is 4.39 Å². The lowest BCUT2D eigenvalue weighted by atomic mass is 10.3. The highest BCUT2D eigenvalue weighted by Crippen LogP contribution is 2.12. The first-order valence-corrected chi connectivity index (χ1v) is 4.30. The van der Waals surface area contributed by atoms with Crippen LogP contribution >= 0.6 is 0 Å². The summed E-state index contributed by atoms with van der Waals surface area (Å²) in [5, 5.41) is 16.1. The summed E-state index contributed by atoms with van der Waals surface area (Å²) < 4.78 is 14.4. The van der Waals surface area contributed by atoms with Crippen molar-refractivity contribution in [3.63, 3.8) is 0 Å². The van der Waals surface area contributed by atoms with Crippen LogP contribution in [0.25, 0.3) is 5.69 Å². The molecule has 0 saturated heterocycles. The highest BCUT2D eigenvalue weighted by atomic mass is 19.1. The standard InChI is InChI=1S/C10H7FN4/c1-7-10(6-12)13-14-15(7)9-4-2-3-8(11)5-9/h2-5H,1H3. The first kappa shape index (κ1) is 9.34. The summed E-state index contributed by atoms with van der Waals surface area (Å²) in [7, 11) is 0. The summed E-state index contributed by atoms with van der Waals surface area (Å²) in [5.41, 5.74) is 1.41. The number of hydrogen-bond donors (Lipinski definition) is 0. The molecule has 0 aliphatic rings. The van der Waals surface area contributed by atoms with Gasteiger partial charge >= 0.3 is 0 Å². The van der Waals surface area contributed by atoms with Crippen LogP contribution < -0.4 is 0 Å². The second kappa shape index (κ2) is 3.50. The molecule has 74 valence electrons. The molecule has 0 amide bonds. The Morgan fingerprint density at radius 3 is 2.87 bits per heavy atom. The van der Waals surface area contributed by atoms with Crippen LogP contribution in [0.4, 0.5) is 4.39 Å². The molecule has 0 aliphatic carbocycles. The van der Waals surface area contributed by atoms with Crippen LogP contribution in [-0.4, -0.2) is 15.0 Å². The maximum atomic E-state index is 12.9. The van der Waals surface area contributed by atoms with Gasteiger partial charge in [0.2, 0.25) is 0 Å². The van der Waals surface area contributed by atoms with Gasteiger partial charge in [0, 0.05) is 0 Å². The van der Waals surface area contributed by atoms with Crippen molar-refractivity contribution >= 4 is 0 Å². The minimum atomic E-state index is -0.346. The second-order valence-corrected chi connectivity index (χ2v) is 3.03. The fourth-order valence-electron chi connectivity index (χ4n) is 1.29. The molecule has 0 spiro atoms. The Balaban J connectivity index is 2.56. The van der Waals surface area contributed by atoms with Crippen molar-refractivity contribution in [3.05, 3.63) is 41.5 Å². The lowest BCUT2D eigenvalue weighted by molar-refractivity contribution is 0.624. The van der Waals surface area contributed by atoms with Gasteiger partial charge in [0.05, 0.1) is 11.4 Å². The smallest absolute Gasteiger partial charge is 0.186 e. The topological polar surface area (TPSA) is 54.5 Å². The molecule has 2 aromatic rings. The number of halogens is 1. The number of hydrogen-bond acceptors (Lipinski definition) is 3. The van der Waals surface area contributed by atoms with E-state index < -0.39 is 0 Å². The third-order valence-corrected chi connectivity index (χ3v) is 2.05. The quantitative estimate of drug-likeness (QED) is 0.705. The maximum absolute atomic E-state index is 12.9. The molecule has 0 saturated carbocycles. The summed E-state index contributed by atoms with van der Waals surface area (Å²) in [4.78, 5) is 0. The number of nitrogens with zero attached hydrogens (tertiary/aromatic N) is 4. The Labute approximate surface area is 85.6 Å². The van der Waals surface area contributed by atoms with E-state index in [4.69, 9.17) is 5.26 Å². The SMILES string of the molecule is Cc1c(C#N)nnn1-c1cccc(F)c1. The van der Waals surface area contributed by atoms with Gasteiger partial charge in [-0.05, 0) is 25.1 Å². The van der Waals surface area contributed by atoms with E-state index in [1.54, 1.807) is 19.1 Å². The van der Waals surface area contributed by atoms with Crippen molar-refractivity contribution in [1.82, 2.24) is 15.0 Å². The highest BCUT2D eigenvalue weighted by Gasteiger charge is 2.09. The van der Waals surface area contributed by atoms with Gasteiger partial charge in [-0.1, -0.05) is 11.3 Å². The van der Waals surface area contributed by atoms with Crippen LogP contribution in [0.3, 0.4) is 0 Å². The van der Waals surface area contributed by atoms with E-state index in [1.807, 2.05) is 6.07 Å². The number of aromatic nitrogens is 3. The van der Waals surface area contributed by atoms with Crippen molar-refractivity contribution in [2.24, 2.45) is 0 Å². The Bertz CT molecular complexity index is 539. The van der Waals surface area contributed by atoms with Gasteiger partial charge in [0.25, 0.3) is 0 Å². The predicted octanol–water partition coefficient (Wildman–Crippen LogP) is 1.59. The monoisotopic (exact) mass is 202 g/mol. The van der Waals surface area contributed by atoms with Crippen LogP contribution in [0.15, 0.2) is 24.3 Å². The molecule has 0 N–H and O–H groups in total. The third kappa shape index (κ3) is 1.57. The molecule has 15 heavy (non-hydrogen) atoms. The van der Waals surface area contributed by atoms with E-state index in [2.05, 4.69) is 10.3 Å². The van der Waals surface area contributed by atoms with Crippen LogP contribution in [0.2, 0.25) is 0 Å². The highest BCUT2D eigenvalue weighted by molar-refractivity contribution is 5.35. The maximum Gasteiger partial charge on any atom is 0.186 e.